The van der Waals surface area contributed by atoms with Crippen molar-refractivity contribution in [2.24, 2.45) is 0 Å². The zero-order chi connectivity index (χ0) is 31.1. The second kappa shape index (κ2) is 14.2. The summed E-state index contributed by atoms with van der Waals surface area (Å²) in [6, 6.07) is 18.7. The van der Waals surface area contributed by atoms with Crippen molar-refractivity contribution in [1.82, 2.24) is 10.2 Å². The van der Waals surface area contributed by atoms with Gasteiger partial charge >= 0.3 is 6.18 Å². The van der Waals surface area contributed by atoms with Crippen LogP contribution in [0.1, 0.15) is 37.0 Å². The molecule has 0 aliphatic carbocycles. The predicted molar refractivity (Wildman–Crippen MR) is 160 cm³/mol. The van der Waals surface area contributed by atoms with Gasteiger partial charge in [0.25, 0.3) is 0 Å². The summed E-state index contributed by atoms with van der Waals surface area (Å²) in [5.41, 5.74) is 0.0671. The molecule has 0 aromatic heterocycles. The van der Waals surface area contributed by atoms with E-state index in [0.717, 1.165) is 28.4 Å². The van der Waals surface area contributed by atoms with E-state index in [9.17, 15) is 31.2 Å². The molecule has 3 aromatic carbocycles. The Morgan fingerprint density at radius 2 is 1.60 bits per heavy atom. The first kappa shape index (κ1) is 33.1. The minimum Gasteiger partial charge on any atom is -0.352 e. The van der Waals surface area contributed by atoms with Crippen LogP contribution in [0.2, 0.25) is 0 Å². The Bertz CT molecular complexity index is 1490. The van der Waals surface area contributed by atoms with E-state index < -0.39 is 46.2 Å². The number of nitrogens with zero attached hydrogens (tertiary/aromatic N) is 2. The van der Waals surface area contributed by atoms with Crippen molar-refractivity contribution >= 4 is 43.5 Å². The van der Waals surface area contributed by atoms with Gasteiger partial charge in [0.1, 0.15) is 12.6 Å². The van der Waals surface area contributed by atoms with E-state index in [4.69, 9.17) is 0 Å². The van der Waals surface area contributed by atoms with Crippen LogP contribution in [0.3, 0.4) is 0 Å². The van der Waals surface area contributed by atoms with Crippen LogP contribution in [0.4, 0.5) is 18.9 Å². The number of hydrogen-bond acceptors (Lipinski definition) is 4. The smallest absolute Gasteiger partial charge is 0.352 e. The molecule has 0 spiro atoms. The molecule has 0 radical (unpaired) electrons. The highest BCUT2D eigenvalue weighted by atomic mass is 79.9. The maximum atomic E-state index is 14.0. The molecule has 0 saturated heterocycles. The number of benzene rings is 3. The minimum atomic E-state index is -4.72. The van der Waals surface area contributed by atoms with Gasteiger partial charge in [-0.1, -0.05) is 71.4 Å². The van der Waals surface area contributed by atoms with Gasteiger partial charge in [-0.3, -0.25) is 13.9 Å². The molecule has 2 amide bonds. The molecule has 1 N–H and O–H groups in total. The number of amides is 2. The lowest BCUT2D eigenvalue weighted by Gasteiger charge is -2.34. The highest BCUT2D eigenvalue weighted by Crippen LogP contribution is 2.32. The Labute approximate surface area is 252 Å². The zero-order valence-corrected chi connectivity index (χ0v) is 25.8. The topological polar surface area (TPSA) is 86.8 Å². The average Bonchev–Trinajstić information content (AvgIpc) is 2.93. The molecule has 0 saturated carbocycles. The number of hydrogen-bond donors (Lipinski definition) is 1. The zero-order valence-electron chi connectivity index (χ0n) is 23.4. The van der Waals surface area contributed by atoms with Crippen molar-refractivity contribution in [3.8, 4) is 0 Å². The molecule has 0 aliphatic heterocycles. The number of rotatable bonds is 12. The Morgan fingerprint density at radius 3 is 2.19 bits per heavy atom. The molecular formula is C30H33BrF3N3O4S. The molecule has 12 heteroatoms. The number of carbonyl (C=O) groups excluding carboxylic acids is 2. The highest BCUT2D eigenvalue weighted by Gasteiger charge is 2.35. The van der Waals surface area contributed by atoms with Gasteiger partial charge in [0.05, 0.1) is 17.5 Å². The molecule has 0 aliphatic rings. The SMILES string of the molecule is CC[C@@H](C)NC(=O)[C@@H](Cc1ccccc1)N(Cc1cccc(Br)c1)C(=O)CN(c1cccc(C(F)(F)F)c1)S(C)(=O)=O. The molecule has 42 heavy (non-hydrogen) atoms. The number of halogens is 4. The molecule has 226 valence electrons. The van der Waals surface area contributed by atoms with Gasteiger partial charge in [0, 0.05) is 23.5 Å². The molecule has 0 fully saturated rings. The fourth-order valence-corrected chi connectivity index (χ4v) is 5.57. The molecule has 3 rings (SSSR count). The van der Waals surface area contributed by atoms with E-state index >= 15 is 0 Å². The first-order chi connectivity index (χ1) is 19.7. The first-order valence-corrected chi connectivity index (χ1v) is 15.9. The summed E-state index contributed by atoms with van der Waals surface area (Å²) in [7, 11) is -4.21. The first-order valence-electron chi connectivity index (χ1n) is 13.2. The summed E-state index contributed by atoms with van der Waals surface area (Å²) >= 11 is 3.41. The summed E-state index contributed by atoms with van der Waals surface area (Å²) in [6.45, 7) is 2.87. The number of sulfonamides is 1. The Morgan fingerprint density at radius 1 is 0.952 bits per heavy atom. The third-order valence-corrected chi connectivity index (χ3v) is 8.29. The van der Waals surface area contributed by atoms with Gasteiger partial charge in [-0.25, -0.2) is 8.42 Å². The van der Waals surface area contributed by atoms with Crippen molar-refractivity contribution < 1.29 is 31.2 Å². The van der Waals surface area contributed by atoms with Gasteiger partial charge in [-0.05, 0) is 54.8 Å². The normalized spacial score (nSPS) is 13.2. The fourth-order valence-electron chi connectivity index (χ4n) is 4.28. The lowest BCUT2D eigenvalue weighted by atomic mass is 10.0. The molecule has 0 bridgehead atoms. The average molecular weight is 669 g/mol. The van der Waals surface area contributed by atoms with Gasteiger partial charge < -0.3 is 10.2 Å². The van der Waals surface area contributed by atoms with Crippen molar-refractivity contribution in [1.29, 1.82) is 0 Å². The molecule has 2 atom stereocenters. The van der Waals surface area contributed by atoms with Crippen LogP contribution < -0.4 is 9.62 Å². The van der Waals surface area contributed by atoms with Crippen molar-refractivity contribution in [3.63, 3.8) is 0 Å². The van der Waals surface area contributed by atoms with E-state index in [2.05, 4.69) is 21.2 Å². The lowest BCUT2D eigenvalue weighted by Crippen LogP contribution is -2.54. The Balaban J connectivity index is 2.09. The van der Waals surface area contributed by atoms with Crippen LogP contribution in [0.5, 0.6) is 0 Å². The number of carbonyl (C=O) groups is 2. The van der Waals surface area contributed by atoms with Gasteiger partial charge in [0.15, 0.2) is 0 Å². The lowest BCUT2D eigenvalue weighted by molar-refractivity contribution is -0.140. The summed E-state index contributed by atoms with van der Waals surface area (Å²) in [5.74, 6) is -1.18. The van der Waals surface area contributed by atoms with Crippen LogP contribution in [-0.2, 0) is 38.8 Å². The van der Waals surface area contributed by atoms with E-state index in [1.54, 1.807) is 36.4 Å². The van der Waals surface area contributed by atoms with E-state index in [-0.39, 0.29) is 24.7 Å². The maximum absolute atomic E-state index is 14.0. The van der Waals surface area contributed by atoms with Crippen molar-refractivity contribution in [3.05, 3.63) is 100 Å². The number of anilines is 1. The van der Waals surface area contributed by atoms with Gasteiger partial charge in [-0.15, -0.1) is 0 Å². The second-order valence-corrected chi connectivity index (χ2v) is 12.8. The number of nitrogens with one attached hydrogen (secondary N) is 1. The van der Waals surface area contributed by atoms with Crippen molar-refractivity contribution in [2.45, 2.75) is 51.5 Å². The van der Waals surface area contributed by atoms with Crippen LogP contribution in [0.15, 0.2) is 83.3 Å². The van der Waals surface area contributed by atoms with E-state index in [1.807, 2.05) is 32.0 Å². The van der Waals surface area contributed by atoms with E-state index in [0.29, 0.717) is 22.4 Å². The van der Waals surface area contributed by atoms with E-state index in [1.165, 1.54) is 11.0 Å². The van der Waals surface area contributed by atoms with Gasteiger partial charge in [-0.2, -0.15) is 13.2 Å². The molecule has 0 unspecified atom stereocenters. The van der Waals surface area contributed by atoms with Crippen LogP contribution in [-0.4, -0.2) is 50.0 Å². The predicted octanol–water partition coefficient (Wildman–Crippen LogP) is 5.79. The summed E-state index contributed by atoms with van der Waals surface area (Å²) < 4.78 is 67.3. The second-order valence-electron chi connectivity index (χ2n) is 9.99. The maximum Gasteiger partial charge on any atom is 0.416 e. The molecular weight excluding hydrogens is 635 g/mol. The summed E-state index contributed by atoms with van der Waals surface area (Å²) in [6.07, 6.45) is -3.13. The molecule has 7 nitrogen and oxygen atoms in total. The minimum absolute atomic E-state index is 0.0517. The van der Waals surface area contributed by atoms with Crippen molar-refractivity contribution in [2.75, 3.05) is 17.1 Å². The third kappa shape index (κ3) is 9.32. The monoisotopic (exact) mass is 667 g/mol. The summed E-state index contributed by atoms with van der Waals surface area (Å²) in [4.78, 5) is 29.0. The van der Waals surface area contributed by atoms with Crippen LogP contribution in [0, 0.1) is 0 Å². The fraction of sp³-hybridized carbons (Fsp3) is 0.333. The van der Waals surface area contributed by atoms with Crippen LogP contribution in [0.25, 0.3) is 0 Å². The molecule has 0 heterocycles. The largest absolute Gasteiger partial charge is 0.416 e. The highest BCUT2D eigenvalue weighted by molar-refractivity contribution is 9.10. The standard InChI is InChI=1S/C30H33BrF3N3O4S/c1-4-21(2)35-29(39)27(17-22-10-6-5-7-11-22)36(19-23-12-8-14-25(31)16-23)28(38)20-37(42(3,40)41)26-15-9-13-24(18-26)30(32,33)34/h5-16,18,21,27H,4,17,19-20H2,1-3H3,(H,35,39)/t21-,27-/m1/s1. The number of alkyl halides is 3. The quantitative estimate of drug-likeness (QED) is 0.265. The van der Waals surface area contributed by atoms with Gasteiger partial charge in [0.2, 0.25) is 21.8 Å². The Hall–Kier alpha value is -3.38. The molecule has 3 aromatic rings. The van der Waals surface area contributed by atoms with Crippen LogP contribution >= 0.6 is 15.9 Å². The third-order valence-electron chi connectivity index (χ3n) is 6.65. The summed E-state index contributed by atoms with van der Waals surface area (Å²) in [5, 5.41) is 2.92. The Kier molecular flexibility index (Phi) is 11.2.